The van der Waals surface area contributed by atoms with Crippen LogP contribution in [0.5, 0.6) is 0 Å². The summed E-state index contributed by atoms with van der Waals surface area (Å²) in [7, 11) is 0. The lowest BCUT2D eigenvalue weighted by atomic mass is 10.4. The minimum atomic E-state index is 0.560. The van der Waals surface area contributed by atoms with Crippen LogP contribution < -0.4 is 16.6 Å². The molecule has 0 aliphatic carbocycles. The van der Waals surface area contributed by atoms with Crippen molar-refractivity contribution in [2.24, 2.45) is 5.84 Å². The van der Waals surface area contributed by atoms with Gasteiger partial charge in [0.1, 0.15) is 0 Å². The summed E-state index contributed by atoms with van der Waals surface area (Å²) >= 11 is 0. The molecule has 0 unspecified atom stereocenters. The molecule has 1 aromatic heterocycles. The van der Waals surface area contributed by atoms with E-state index in [2.05, 4.69) is 15.7 Å². The molecule has 0 saturated carbocycles. The van der Waals surface area contributed by atoms with Gasteiger partial charge in [0.2, 0.25) is 0 Å². The summed E-state index contributed by atoms with van der Waals surface area (Å²) in [5.74, 6) is 5.05. The van der Waals surface area contributed by atoms with Crippen molar-refractivity contribution < 1.29 is 0 Å². The number of rotatable bonds is 3. The molecule has 0 amide bonds. The van der Waals surface area contributed by atoms with Crippen LogP contribution in [-0.2, 0) is 0 Å². The van der Waals surface area contributed by atoms with Gasteiger partial charge in [0.25, 0.3) is 0 Å². The van der Waals surface area contributed by atoms with E-state index in [-0.39, 0.29) is 0 Å². The van der Waals surface area contributed by atoms with E-state index >= 15 is 0 Å². The summed E-state index contributed by atoms with van der Waals surface area (Å²) in [5, 5.41) is 3.02. The number of nitrogens with zero attached hydrogens (tertiary/aromatic N) is 1. The highest BCUT2D eigenvalue weighted by Gasteiger charge is 1.84. The number of hydrazine groups is 1. The van der Waals surface area contributed by atoms with Crippen LogP contribution in [0.25, 0.3) is 0 Å². The van der Waals surface area contributed by atoms with Gasteiger partial charge in [0.15, 0.2) is 0 Å². The van der Waals surface area contributed by atoms with Crippen LogP contribution >= 0.6 is 0 Å². The Morgan fingerprint density at radius 3 is 2.70 bits per heavy atom. The number of hydrogen-bond acceptors (Lipinski definition) is 4. The van der Waals surface area contributed by atoms with Crippen molar-refractivity contribution in [3.8, 4) is 0 Å². The van der Waals surface area contributed by atoms with Crippen molar-refractivity contribution in [2.45, 2.75) is 0 Å². The number of pyridine rings is 1. The Morgan fingerprint density at radius 2 is 2.10 bits per heavy atom. The van der Waals surface area contributed by atoms with Crippen molar-refractivity contribution in [3.63, 3.8) is 0 Å². The molecule has 0 aromatic carbocycles. The second-order valence-corrected chi connectivity index (χ2v) is 1.79. The van der Waals surface area contributed by atoms with Crippen molar-refractivity contribution in [3.05, 3.63) is 24.5 Å². The molecule has 0 atom stereocenters. The van der Waals surface area contributed by atoms with Gasteiger partial charge in [-0.25, -0.2) is 5.43 Å². The number of nitrogens with one attached hydrogen (secondary N) is 2. The maximum atomic E-state index is 5.05. The van der Waals surface area contributed by atoms with Gasteiger partial charge in [-0.3, -0.25) is 10.8 Å². The van der Waals surface area contributed by atoms with Gasteiger partial charge in [0, 0.05) is 18.1 Å². The molecule has 0 fully saturated rings. The summed E-state index contributed by atoms with van der Waals surface area (Å²) < 4.78 is 0. The summed E-state index contributed by atoms with van der Waals surface area (Å²) in [6.07, 6.45) is 3.44. The van der Waals surface area contributed by atoms with Crippen LogP contribution in [0.15, 0.2) is 24.5 Å². The molecule has 0 radical (unpaired) electrons. The van der Waals surface area contributed by atoms with Crippen molar-refractivity contribution in [1.29, 1.82) is 0 Å². The standard InChI is InChI=1S/C6H10N4/c7-10-5-9-6-1-3-8-4-2-6/h1-4,10H,5,7H2,(H,8,9). The Labute approximate surface area is 59.4 Å². The fraction of sp³-hybridized carbons (Fsp3) is 0.167. The minimum absolute atomic E-state index is 0.560. The van der Waals surface area contributed by atoms with Gasteiger partial charge in [-0.05, 0) is 12.1 Å². The Hall–Kier alpha value is -1.13. The molecule has 4 nitrogen and oxygen atoms in total. The molecule has 54 valence electrons. The van der Waals surface area contributed by atoms with E-state index in [1.165, 1.54) is 0 Å². The van der Waals surface area contributed by atoms with E-state index in [0.717, 1.165) is 5.69 Å². The first-order chi connectivity index (χ1) is 4.93. The average Bonchev–Trinajstić information content (AvgIpc) is 2.03. The summed E-state index contributed by atoms with van der Waals surface area (Å²) in [6, 6.07) is 3.74. The molecule has 0 aliphatic heterocycles. The zero-order valence-corrected chi connectivity index (χ0v) is 5.54. The van der Waals surface area contributed by atoms with Gasteiger partial charge >= 0.3 is 0 Å². The second kappa shape index (κ2) is 3.81. The lowest BCUT2D eigenvalue weighted by molar-refractivity contribution is 0.790. The third-order valence-corrected chi connectivity index (χ3v) is 1.07. The first kappa shape index (κ1) is 6.98. The molecule has 1 aromatic rings. The minimum Gasteiger partial charge on any atom is -0.371 e. The molecule has 0 aliphatic rings. The quantitative estimate of drug-likeness (QED) is 0.310. The number of hydrogen-bond donors (Lipinski definition) is 3. The maximum absolute atomic E-state index is 5.05. The molecule has 0 saturated heterocycles. The predicted molar refractivity (Wildman–Crippen MR) is 40.0 cm³/mol. The van der Waals surface area contributed by atoms with Gasteiger partial charge in [-0.2, -0.15) is 0 Å². The van der Waals surface area contributed by atoms with Crippen LogP contribution in [0.4, 0.5) is 5.69 Å². The van der Waals surface area contributed by atoms with Gasteiger partial charge < -0.3 is 5.32 Å². The Kier molecular flexibility index (Phi) is 2.66. The molecule has 0 spiro atoms. The van der Waals surface area contributed by atoms with Gasteiger partial charge in [-0.15, -0.1) is 0 Å². The monoisotopic (exact) mass is 138 g/mol. The zero-order chi connectivity index (χ0) is 7.23. The summed E-state index contributed by atoms with van der Waals surface area (Å²) in [4.78, 5) is 3.86. The Balaban J connectivity index is 2.43. The molecular weight excluding hydrogens is 128 g/mol. The number of aromatic nitrogens is 1. The van der Waals surface area contributed by atoms with Crippen molar-refractivity contribution in [1.82, 2.24) is 10.4 Å². The highest BCUT2D eigenvalue weighted by atomic mass is 15.3. The van der Waals surface area contributed by atoms with Crippen LogP contribution in [0.1, 0.15) is 0 Å². The normalized spacial score (nSPS) is 9.30. The number of anilines is 1. The highest BCUT2D eigenvalue weighted by Crippen LogP contribution is 2.00. The number of nitrogens with two attached hydrogens (primary N) is 1. The SMILES string of the molecule is NNCNc1ccncc1. The molecular formula is C6H10N4. The first-order valence-electron chi connectivity index (χ1n) is 3.01. The first-order valence-corrected chi connectivity index (χ1v) is 3.01. The lowest BCUT2D eigenvalue weighted by Crippen LogP contribution is -2.28. The molecule has 0 bridgehead atoms. The van der Waals surface area contributed by atoms with Crippen molar-refractivity contribution in [2.75, 3.05) is 12.0 Å². The van der Waals surface area contributed by atoms with Crippen LogP contribution in [0.2, 0.25) is 0 Å². The highest BCUT2D eigenvalue weighted by molar-refractivity contribution is 5.40. The van der Waals surface area contributed by atoms with E-state index in [9.17, 15) is 0 Å². The molecule has 1 rings (SSSR count). The van der Waals surface area contributed by atoms with Gasteiger partial charge in [-0.1, -0.05) is 0 Å². The fourth-order valence-corrected chi connectivity index (χ4v) is 0.623. The van der Waals surface area contributed by atoms with Crippen LogP contribution in [0.3, 0.4) is 0 Å². The predicted octanol–water partition coefficient (Wildman–Crippen LogP) is -0.0857. The third-order valence-electron chi connectivity index (χ3n) is 1.07. The lowest BCUT2D eigenvalue weighted by Gasteiger charge is -2.02. The zero-order valence-electron chi connectivity index (χ0n) is 5.54. The Bertz CT molecular complexity index is 174. The molecule has 1 heterocycles. The van der Waals surface area contributed by atoms with E-state index in [1.54, 1.807) is 12.4 Å². The van der Waals surface area contributed by atoms with Crippen LogP contribution in [-0.4, -0.2) is 11.7 Å². The van der Waals surface area contributed by atoms with E-state index in [4.69, 9.17) is 5.84 Å². The van der Waals surface area contributed by atoms with Gasteiger partial charge in [0.05, 0.1) is 6.67 Å². The van der Waals surface area contributed by atoms with E-state index < -0.39 is 0 Å². The molecule has 10 heavy (non-hydrogen) atoms. The second-order valence-electron chi connectivity index (χ2n) is 1.79. The van der Waals surface area contributed by atoms with E-state index in [0.29, 0.717) is 6.67 Å². The van der Waals surface area contributed by atoms with Crippen LogP contribution in [0, 0.1) is 0 Å². The average molecular weight is 138 g/mol. The van der Waals surface area contributed by atoms with E-state index in [1.807, 2.05) is 12.1 Å². The largest absolute Gasteiger partial charge is 0.371 e. The molecule has 4 heteroatoms. The smallest absolute Gasteiger partial charge is 0.0780 e. The summed E-state index contributed by atoms with van der Waals surface area (Å²) in [5.41, 5.74) is 3.49. The topological polar surface area (TPSA) is 63.0 Å². The fourth-order valence-electron chi connectivity index (χ4n) is 0.623. The molecule has 4 N–H and O–H groups in total. The summed E-state index contributed by atoms with van der Waals surface area (Å²) in [6.45, 7) is 0.560. The van der Waals surface area contributed by atoms with Crippen molar-refractivity contribution >= 4 is 5.69 Å². The third kappa shape index (κ3) is 2.00. The maximum Gasteiger partial charge on any atom is 0.0780 e. The Morgan fingerprint density at radius 1 is 1.40 bits per heavy atom.